The molecule has 1 aromatic heterocycles. The van der Waals surface area contributed by atoms with E-state index in [1.54, 1.807) is 0 Å². The van der Waals surface area contributed by atoms with Crippen molar-refractivity contribution in [3.8, 4) is 5.69 Å². The average molecular weight is 384 g/mol. The molecule has 0 bridgehead atoms. The third kappa shape index (κ3) is 2.83. The molecule has 5 heteroatoms. The average Bonchev–Trinajstić information content (AvgIpc) is 2.79. The van der Waals surface area contributed by atoms with E-state index in [1.165, 1.54) is 0 Å². The lowest BCUT2D eigenvalue weighted by Gasteiger charge is -2.12. The molecular formula is C16H13BrCl2N2. The molecule has 0 saturated carbocycles. The number of hydrogen-bond donors (Lipinski definition) is 0. The van der Waals surface area contributed by atoms with Crippen LogP contribution < -0.4 is 0 Å². The maximum atomic E-state index is 6.18. The first-order valence-electron chi connectivity index (χ1n) is 6.59. The summed E-state index contributed by atoms with van der Waals surface area (Å²) in [5, 5.41) is 0.712. The highest BCUT2D eigenvalue weighted by Gasteiger charge is 2.14. The zero-order chi connectivity index (χ0) is 15.0. The van der Waals surface area contributed by atoms with Crippen LogP contribution in [0.15, 0.2) is 40.9 Å². The van der Waals surface area contributed by atoms with Crippen molar-refractivity contribution in [2.75, 3.05) is 5.88 Å². The molecule has 3 rings (SSSR count). The second-order valence-corrected chi connectivity index (χ2v) is 6.60. The highest BCUT2D eigenvalue weighted by molar-refractivity contribution is 9.10. The van der Waals surface area contributed by atoms with E-state index in [0.717, 1.165) is 32.6 Å². The fraction of sp³-hybridized carbons (Fsp3) is 0.188. The Kier molecular flexibility index (Phi) is 4.25. The maximum absolute atomic E-state index is 6.18. The first kappa shape index (κ1) is 14.9. The zero-order valence-electron chi connectivity index (χ0n) is 11.4. The minimum atomic E-state index is 0.532. The van der Waals surface area contributed by atoms with Gasteiger partial charge < -0.3 is 0 Å². The fourth-order valence-corrected chi connectivity index (χ4v) is 3.13. The lowest BCUT2D eigenvalue weighted by atomic mass is 10.2. The molecule has 0 N–H and O–H groups in total. The predicted octanol–water partition coefficient (Wildman–Crippen LogP) is 5.53. The van der Waals surface area contributed by atoms with Crippen LogP contribution in [0.25, 0.3) is 16.7 Å². The van der Waals surface area contributed by atoms with Gasteiger partial charge in [-0.05, 0) is 42.8 Å². The van der Waals surface area contributed by atoms with Gasteiger partial charge in [0, 0.05) is 21.8 Å². The molecule has 0 unspecified atom stereocenters. The quantitative estimate of drug-likeness (QED) is 0.543. The largest absolute Gasteiger partial charge is 0.296 e. The first-order chi connectivity index (χ1) is 10.1. The number of alkyl halides is 1. The maximum Gasteiger partial charge on any atom is 0.115 e. The second kappa shape index (κ2) is 5.99. The van der Waals surface area contributed by atoms with Gasteiger partial charge in [-0.2, -0.15) is 0 Å². The Balaban J connectivity index is 2.35. The lowest BCUT2D eigenvalue weighted by Crippen LogP contribution is -2.04. The van der Waals surface area contributed by atoms with Crippen LogP contribution >= 0.6 is 39.1 Å². The van der Waals surface area contributed by atoms with E-state index in [4.69, 9.17) is 28.2 Å². The molecule has 2 nitrogen and oxygen atoms in total. The molecule has 3 aromatic rings. The van der Waals surface area contributed by atoms with E-state index in [-0.39, 0.29) is 0 Å². The standard InChI is InChI=1S/C16H13BrCl2N2/c1-10-2-4-12(19)9-14(10)21-15-8-11(17)3-5-13(15)20-16(21)6-7-18/h2-5,8-9H,6-7H2,1H3. The lowest BCUT2D eigenvalue weighted by molar-refractivity contribution is 0.907. The van der Waals surface area contributed by atoms with E-state index in [2.05, 4.69) is 33.5 Å². The summed E-state index contributed by atoms with van der Waals surface area (Å²) in [5.74, 6) is 1.48. The van der Waals surface area contributed by atoms with Crippen molar-refractivity contribution < 1.29 is 0 Å². The fourth-order valence-electron chi connectivity index (χ4n) is 2.44. The molecule has 0 saturated heterocycles. The van der Waals surface area contributed by atoms with E-state index < -0.39 is 0 Å². The molecule has 0 spiro atoms. The molecule has 0 aliphatic carbocycles. The highest BCUT2D eigenvalue weighted by atomic mass is 79.9. The van der Waals surface area contributed by atoms with Crippen LogP contribution in [0.5, 0.6) is 0 Å². The molecule has 0 radical (unpaired) electrons. The van der Waals surface area contributed by atoms with E-state index in [1.807, 2.05) is 30.3 Å². The van der Waals surface area contributed by atoms with Gasteiger partial charge in [-0.15, -0.1) is 11.6 Å². The Morgan fingerprint density at radius 3 is 2.76 bits per heavy atom. The van der Waals surface area contributed by atoms with Crippen molar-refractivity contribution in [2.45, 2.75) is 13.3 Å². The number of aryl methyl sites for hydroxylation is 2. The molecule has 0 atom stereocenters. The van der Waals surface area contributed by atoms with Gasteiger partial charge in [-0.25, -0.2) is 4.98 Å². The number of benzene rings is 2. The second-order valence-electron chi connectivity index (χ2n) is 4.87. The van der Waals surface area contributed by atoms with Crippen LogP contribution in [0.2, 0.25) is 5.02 Å². The molecule has 1 heterocycles. The Morgan fingerprint density at radius 1 is 1.19 bits per heavy atom. The van der Waals surface area contributed by atoms with Crippen LogP contribution in [0.1, 0.15) is 11.4 Å². The number of rotatable bonds is 3. The van der Waals surface area contributed by atoms with Gasteiger partial charge >= 0.3 is 0 Å². The molecule has 0 fully saturated rings. The summed E-state index contributed by atoms with van der Waals surface area (Å²) in [6.45, 7) is 2.07. The van der Waals surface area contributed by atoms with Crippen molar-refractivity contribution in [1.82, 2.24) is 9.55 Å². The van der Waals surface area contributed by atoms with Gasteiger partial charge in [0.2, 0.25) is 0 Å². The number of aromatic nitrogens is 2. The molecule has 2 aromatic carbocycles. The Hall–Kier alpha value is -1.03. The van der Waals surface area contributed by atoms with Crippen LogP contribution in [0, 0.1) is 6.92 Å². The van der Waals surface area contributed by atoms with Crippen LogP contribution in [0.3, 0.4) is 0 Å². The van der Waals surface area contributed by atoms with Crippen LogP contribution in [-0.2, 0) is 6.42 Å². The summed E-state index contributed by atoms with van der Waals surface area (Å²) in [7, 11) is 0. The summed E-state index contributed by atoms with van der Waals surface area (Å²) in [4.78, 5) is 4.71. The monoisotopic (exact) mass is 382 g/mol. The smallest absolute Gasteiger partial charge is 0.115 e. The van der Waals surface area contributed by atoms with Crippen molar-refractivity contribution in [3.05, 3.63) is 57.3 Å². The molecule has 0 aliphatic heterocycles. The van der Waals surface area contributed by atoms with Crippen molar-refractivity contribution in [3.63, 3.8) is 0 Å². The van der Waals surface area contributed by atoms with E-state index >= 15 is 0 Å². The highest BCUT2D eigenvalue weighted by Crippen LogP contribution is 2.28. The zero-order valence-corrected chi connectivity index (χ0v) is 14.5. The molecule has 21 heavy (non-hydrogen) atoms. The Morgan fingerprint density at radius 2 is 2.00 bits per heavy atom. The van der Waals surface area contributed by atoms with Gasteiger partial charge in [-0.3, -0.25) is 4.57 Å². The summed E-state index contributed by atoms with van der Waals surface area (Å²) in [5.41, 5.74) is 4.20. The van der Waals surface area contributed by atoms with Gasteiger partial charge in [0.25, 0.3) is 0 Å². The number of fused-ring (bicyclic) bond motifs is 1. The number of hydrogen-bond acceptors (Lipinski definition) is 1. The minimum Gasteiger partial charge on any atom is -0.296 e. The van der Waals surface area contributed by atoms with Gasteiger partial charge in [0.1, 0.15) is 5.82 Å². The van der Waals surface area contributed by atoms with Crippen molar-refractivity contribution in [2.24, 2.45) is 0 Å². The van der Waals surface area contributed by atoms with Crippen molar-refractivity contribution >= 4 is 50.2 Å². The Bertz CT molecular complexity index is 811. The number of imidazole rings is 1. The van der Waals surface area contributed by atoms with Gasteiger partial charge in [-0.1, -0.05) is 33.6 Å². The topological polar surface area (TPSA) is 17.8 Å². The third-order valence-electron chi connectivity index (χ3n) is 3.42. The predicted molar refractivity (Wildman–Crippen MR) is 92.9 cm³/mol. The summed E-state index contributed by atoms with van der Waals surface area (Å²) < 4.78 is 3.16. The van der Waals surface area contributed by atoms with Crippen molar-refractivity contribution in [1.29, 1.82) is 0 Å². The number of halogens is 3. The summed E-state index contributed by atoms with van der Waals surface area (Å²) in [6, 6.07) is 12.0. The summed E-state index contributed by atoms with van der Waals surface area (Å²) in [6.07, 6.45) is 0.708. The molecule has 0 amide bonds. The summed E-state index contributed by atoms with van der Waals surface area (Å²) >= 11 is 15.6. The van der Waals surface area contributed by atoms with Crippen LogP contribution in [-0.4, -0.2) is 15.4 Å². The van der Waals surface area contributed by atoms with Gasteiger partial charge in [0.15, 0.2) is 0 Å². The molecule has 0 aliphatic rings. The number of nitrogens with zero attached hydrogens (tertiary/aromatic N) is 2. The first-order valence-corrected chi connectivity index (χ1v) is 8.30. The van der Waals surface area contributed by atoms with Gasteiger partial charge in [0.05, 0.1) is 16.7 Å². The Labute approximate surface area is 141 Å². The third-order valence-corrected chi connectivity index (χ3v) is 4.33. The van der Waals surface area contributed by atoms with E-state index in [0.29, 0.717) is 17.3 Å². The molecular weight excluding hydrogens is 371 g/mol. The SMILES string of the molecule is Cc1ccc(Cl)cc1-n1c(CCCl)nc2ccc(Br)cc21. The minimum absolute atomic E-state index is 0.532. The van der Waals surface area contributed by atoms with Crippen LogP contribution in [0.4, 0.5) is 0 Å². The van der Waals surface area contributed by atoms with E-state index in [9.17, 15) is 0 Å². The molecule has 108 valence electrons. The normalized spacial score (nSPS) is 11.2.